The average Bonchev–Trinajstić information content (AvgIpc) is 3.29. The third kappa shape index (κ3) is 3.89. The molecule has 2 aromatic heterocycles. The molecule has 4 N–H and O–H groups in total. The van der Waals surface area contributed by atoms with Crippen LogP contribution < -0.4 is 16.0 Å². The number of aromatic amines is 1. The lowest BCUT2D eigenvalue weighted by Crippen LogP contribution is -2.31. The summed E-state index contributed by atoms with van der Waals surface area (Å²) in [5.74, 6) is 0.891. The lowest BCUT2D eigenvalue weighted by Gasteiger charge is -2.14. The van der Waals surface area contributed by atoms with E-state index in [2.05, 4.69) is 31.1 Å². The van der Waals surface area contributed by atoms with Crippen LogP contribution in [0.4, 0.5) is 20.8 Å². The van der Waals surface area contributed by atoms with Crippen LogP contribution in [0.2, 0.25) is 0 Å². The van der Waals surface area contributed by atoms with Gasteiger partial charge in [0.2, 0.25) is 0 Å². The van der Waals surface area contributed by atoms with Crippen molar-refractivity contribution in [2.75, 3.05) is 23.8 Å². The first-order valence-corrected chi connectivity index (χ1v) is 9.05. The van der Waals surface area contributed by atoms with Gasteiger partial charge in [0, 0.05) is 12.3 Å². The summed E-state index contributed by atoms with van der Waals surface area (Å²) in [7, 11) is 0. The van der Waals surface area contributed by atoms with Crippen LogP contribution in [0.25, 0.3) is 10.9 Å². The molecule has 0 bridgehead atoms. The summed E-state index contributed by atoms with van der Waals surface area (Å²) in [5, 5.41) is 16.4. The predicted octanol–water partition coefficient (Wildman–Crippen LogP) is 2.99. The number of amides is 2. The molecule has 1 saturated heterocycles. The van der Waals surface area contributed by atoms with E-state index in [4.69, 9.17) is 4.74 Å². The highest BCUT2D eigenvalue weighted by molar-refractivity contribution is 5.94. The number of hydrogen-bond donors (Lipinski definition) is 4. The van der Waals surface area contributed by atoms with Gasteiger partial charge in [0.05, 0.1) is 36.2 Å². The van der Waals surface area contributed by atoms with E-state index in [1.165, 1.54) is 0 Å². The van der Waals surface area contributed by atoms with Crippen molar-refractivity contribution in [1.29, 1.82) is 0 Å². The predicted molar refractivity (Wildman–Crippen MR) is 104 cm³/mol. The summed E-state index contributed by atoms with van der Waals surface area (Å²) >= 11 is 0. The number of nitrogens with zero attached hydrogens (tertiary/aromatic N) is 2. The molecule has 3 heterocycles. The fourth-order valence-corrected chi connectivity index (χ4v) is 3.10. The molecule has 0 saturated carbocycles. The van der Waals surface area contributed by atoms with Crippen molar-refractivity contribution >= 4 is 28.6 Å². The molecule has 4 rings (SSSR count). The van der Waals surface area contributed by atoms with Gasteiger partial charge in [0.1, 0.15) is 12.0 Å². The highest BCUT2D eigenvalue weighted by Gasteiger charge is 2.28. The first-order valence-electron chi connectivity index (χ1n) is 9.05. The molecule has 0 unspecified atom stereocenters. The first kappa shape index (κ1) is 18.2. The maximum Gasteiger partial charge on any atom is 0.320 e. The Hall–Kier alpha value is -3.20. The normalized spacial score (nSPS) is 20.1. The quantitative estimate of drug-likeness (QED) is 0.541. The molecule has 0 spiro atoms. The summed E-state index contributed by atoms with van der Waals surface area (Å²) in [4.78, 5) is 16.5. The molecule has 146 valence electrons. The van der Waals surface area contributed by atoms with Crippen molar-refractivity contribution in [3.63, 3.8) is 0 Å². The molecule has 1 fully saturated rings. The molecular weight excluding hydrogens is 363 g/mol. The summed E-state index contributed by atoms with van der Waals surface area (Å²) < 4.78 is 18.8. The number of urea groups is 1. The number of halogens is 1. The number of hydrogen-bond acceptors (Lipinski definition) is 5. The number of fused-ring (bicyclic) bond motifs is 1. The fourth-order valence-electron chi connectivity index (χ4n) is 3.10. The van der Waals surface area contributed by atoms with Crippen LogP contribution in [-0.2, 0) is 4.74 Å². The number of aromatic nitrogens is 3. The van der Waals surface area contributed by atoms with Gasteiger partial charge in [-0.3, -0.25) is 10.4 Å². The topological polar surface area (TPSA) is 104 Å². The van der Waals surface area contributed by atoms with Crippen LogP contribution in [-0.4, -0.2) is 46.6 Å². The van der Waals surface area contributed by atoms with Crippen molar-refractivity contribution in [3.8, 4) is 0 Å². The van der Waals surface area contributed by atoms with Gasteiger partial charge in [-0.15, -0.1) is 0 Å². The van der Waals surface area contributed by atoms with Crippen molar-refractivity contribution in [3.05, 3.63) is 48.2 Å². The molecule has 0 aliphatic carbocycles. The molecule has 0 radical (unpaired) electrons. The van der Waals surface area contributed by atoms with Crippen LogP contribution >= 0.6 is 0 Å². The maximum absolute atomic E-state index is 13.7. The Kier molecular flexibility index (Phi) is 5.07. The number of benzene rings is 1. The second-order valence-electron chi connectivity index (χ2n) is 6.72. The summed E-state index contributed by atoms with van der Waals surface area (Å²) in [6.45, 7) is 2.29. The van der Waals surface area contributed by atoms with Gasteiger partial charge < -0.3 is 15.4 Å². The number of alkyl halides is 1. The molecule has 3 aromatic rings. The number of rotatable bonds is 5. The number of carbonyl (C=O) groups is 1. The van der Waals surface area contributed by atoms with Crippen LogP contribution in [0.15, 0.2) is 42.6 Å². The summed E-state index contributed by atoms with van der Waals surface area (Å²) in [6, 6.07) is 10.4. The Morgan fingerprint density at radius 1 is 1.32 bits per heavy atom. The average molecular weight is 384 g/mol. The van der Waals surface area contributed by atoms with Crippen molar-refractivity contribution < 1.29 is 13.9 Å². The minimum Gasteiger partial charge on any atom is -0.376 e. The lowest BCUT2D eigenvalue weighted by molar-refractivity contribution is 0.173. The smallest absolute Gasteiger partial charge is 0.320 e. The molecular formula is C19H21FN6O2. The Labute approximate surface area is 160 Å². The number of carbonyl (C=O) groups excluding carboxylic acids is 1. The van der Waals surface area contributed by atoms with Gasteiger partial charge in [0.15, 0.2) is 5.82 Å². The summed E-state index contributed by atoms with van der Waals surface area (Å²) in [6.07, 6.45) is 0.511. The number of pyridine rings is 1. The Morgan fingerprint density at radius 2 is 2.14 bits per heavy atom. The SMILES string of the molecule is C[C@@H](NC(=O)Nc1cc2[nH]nc(N[C@H]3COC[C@H]3F)c2cn1)c1ccccc1. The Bertz CT molecular complexity index is 963. The van der Waals surface area contributed by atoms with Crippen LogP contribution in [0.3, 0.4) is 0 Å². The van der Waals surface area contributed by atoms with Crippen molar-refractivity contribution in [2.24, 2.45) is 0 Å². The van der Waals surface area contributed by atoms with Crippen LogP contribution in [0, 0.1) is 0 Å². The lowest BCUT2D eigenvalue weighted by atomic mass is 10.1. The Balaban J connectivity index is 1.41. The van der Waals surface area contributed by atoms with Crippen LogP contribution in [0.5, 0.6) is 0 Å². The van der Waals surface area contributed by atoms with Gasteiger partial charge in [0.25, 0.3) is 0 Å². The molecule has 28 heavy (non-hydrogen) atoms. The van der Waals surface area contributed by atoms with Gasteiger partial charge in [-0.2, -0.15) is 5.10 Å². The van der Waals surface area contributed by atoms with E-state index >= 15 is 0 Å². The minimum absolute atomic E-state index is 0.0862. The van der Waals surface area contributed by atoms with Gasteiger partial charge in [-0.05, 0) is 12.5 Å². The molecule has 1 aliphatic rings. The third-order valence-corrected chi connectivity index (χ3v) is 4.67. The molecule has 2 amide bonds. The second kappa shape index (κ2) is 7.81. The summed E-state index contributed by atoms with van der Waals surface area (Å²) in [5.41, 5.74) is 1.69. The van der Waals surface area contributed by atoms with Crippen LogP contribution in [0.1, 0.15) is 18.5 Å². The van der Waals surface area contributed by atoms with E-state index in [9.17, 15) is 9.18 Å². The number of nitrogens with one attached hydrogen (secondary N) is 4. The molecule has 1 aliphatic heterocycles. The zero-order valence-electron chi connectivity index (χ0n) is 15.3. The largest absolute Gasteiger partial charge is 0.376 e. The number of ether oxygens (including phenoxy) is 1. The molecule has 3 atom stereocenters. The van der Waals surface area contributed by atoms with E-state index in [1.807, 2.05) is 37.3 Å². The van der Waals surface area contributed by atoms with Gasteiger partial charge >= 0.3 is 6.03 Å². The minimum atomic E-state index is -1.07. The standard InChI is InChI=1S/C19H21FN6O2/c1-11(12-5-3-2-4-6-12)22-19(27)24-17-7-15-13(8-21-17)18(26-25-15)23-16-10-28-9-14(16)20/h2-8,11,14,16H,9-10H2,1H3,(H2,23,25,26)(H2,21,22,24,27)/t11-,14-,16+/m1/s1. The van der Waals surface area contributed by atoms with E-state index < -0.39 is 12.2 Å². The molecule has 1 aromatic carbocycles. The zero-order chi connectivity index (χ0) is 19.5. The van der Waals surface area contributed by atoms with E-state index in [-0.39, 0.29) is 18.7 Å². The molecule has 8 nitrogen and oxygen atoms in total. The fraction of sp³-hybridized carbons (Fsp3) is 0.316. The first-order chi connectivity index (χ1) is 13.6. The number of H-pyrrole nitrogens is 1. The third-order valence-electron chi connectivity index (χ3n) is 4.67. The Morgan fingerprint density at radius 3 is 2.89 bits per heavy atom. The zero-order valence-corrected chi connectivity index (χ0v) is 15.3. The van der Waals surface area contributed by atoms with E-state index in [0.717, 1.165) is 5.56 Å². The van der Waals surface area contributed by atoms with Crippen molar-refractivity contribution in [1.82, 2.24) is 20.5 Å². The maximum atomic E-state index is 13.7. The monoisotopic (exact) mass is 384 g/mol. The molecule has 9 heteroatoms. The van der Waals surface area contributed by atoms with E-state index in [1.54, 1.807) is 12.3 Å². The highest BCUT2D eigenvalue weighted by Crippen LogP contribution is 2.24. The number of anilines is 2. The highest BCUT2D eigenvalue weighted by atomic mass is 19.1. The van der Waals surface area contributed by atoms with Gasteiger partial charge in [-0.25, -0.2) is 14.2 Å². The second-order valence-corrected chi connectivity index (χ2v) is 6.72. The van der Waals surface area contributed by atoms with Gasteiger partial charge in [-0.1, -0.05) is 30.3 Å². The van der Waals surface area contributed by atoms with Crippen molar-refractivity contribution in [2.45, 2.75) is 25.2 Å². The van der Waals surface area contributed by atoms with E-state index in [0.29, 0.717) is 29.1 Å².